The maximum Gasteiger partial charge on any atom is 0.190 e. The van der Waals surface area contributed by atoms with E-state index in [0.29, 0.717) is 24.3 Å². The Morgan fingerprint density at radius 2 is 1.71 bits per heavy atom. The molecule has 0 atom stereocenters. The highest BCUT2D eigenvalue weighted by molar-refractivity contribution is 7.99. The summed E-state index contributed by atoms with van der Waals surface area (Å²) in [5, 5.41) is 0. The Hall–Kier alpha value is -1.59. The molecular weight excluding hydrogens is 292 g/mol. The lowest BCUT2D eigenvalue weighted by atomic mass is 10.1. The molecule has 2 aromatic rings. The molecule has 21 heavy (non-hydrogen) atoms. The molecule has 2 N–H and O–H groups in total. The van der Waals surface area contributed by atoms with Gasteiger partial charge in [0.05, 0.1) is 6.61 Å². The van der Waals surface area contributed by atoms with Crippen LogP contribution < -0.4 is 10.5 Å². The predicted octanol–water partition coefficient (Wildman–Crippen LogP) is 3.64. The van der Waals surface area contributed by atoms with Gasteiger partial charge in [0.15, 0.2) is 17.4 Å². The molecule has 0 aromatic heterocycles. The highest BCUT2D eigenvalue weighted by atomic mass is 32.2. The van der Waals surface area contributed by atoms with Crippen molar-refractivity contribution in [1.82, 2.24) is 0 Å². The van der Waals surface area contributed by atoms with Crippen molar-refractivity contribution in [3.05, 3.63) is 59.7 Å². The topological polar surface area (TPSA) is 35.2 Å². The average Bonchev–Trinajstić information content (AvgIpc) is 2.47. The summed E-state index contributed by atoms with van der Waals surface area (Å²) >= 11 is 1.58. The first-order valence-electron chi connectivity index (χ1n) is 6.69. The van der Waals surface area contributed by atoms with E-state index < -0.39 is 11.6 Å². The van der Waals surface area contributed by atoms with Gasteiger partial charge in [-0.3, -0.25) is 0 Å². The molecule has 0 spiro atoms. The summed E-state index contributed by atoms with van der Waals surface area (Å²) in [6.45, 7) is 0.594. The van der Waals surface area contributed by atoms with Crippen LogP contribution in [0.5, 0.6) is 5.75 Å². The van der Waals surface area contributed by atoms with Crippen molar-refractivity contribution < 1.29 is 13.5 Å². The summed E-state index contributed by atoms with van der Waals surface area (Å²) in [6.07, 6.45) is 0.442. The van der Waals surface area contributed by atoms with Gasteiger partial charge in [-0.25, -0.2) is 8.78 Å². The maximum absolute atomic E-state index is 13.8. The van der Waals surface area contributed by atoms with Crippen LogP contribution >= 0.6 is 11.8 Å². The van der Waals surface area contributed by atoms with Crippen molar-refractivity contribution in [3.63, 3.8) is 0 Å². The second-order valence-corrected chi connectivity index (χ2v) is 5.61. The van der Waals surface area contributed by atoms with E-state index in [2.05, 4.69) is 0 Å². The van der Waals surface area contributed by atoms with E-state index in [1.54, 1.807) is 11.8 Å². The molecule has 2 aromatic carbocycles. The van der Waals surface area contributed by atoms with Crippen LogP contribution in [0.3, 0.4) is 0 Å². The van der Waals surface area contributed by atoms with Gasteiger partial charge in [-0.05, 0) is 42.8 Å². The molecular formula is C16H17F2NOS. The highest BCUT2D eigenvalue weighted by Crippen LogP contribution is 2.24. The lowest BCUT2D eigenvalue weighted by molar-refractivity contribution is 0.305. The second kappa shape index (κ2) is 8.00. The number of ether oxygens (including phenoxy) is 1. The smallest absolute Gasteiger partial charge is 0.190 e. The van der Waals surface area contributed by atoms with Crippen LogP contribution in [0.15, 0.2) is 47.4 Å². The molecule has 0 heterocycles. The van der Waals surface area contributed by atoms with Crippen LogP contribution in [-0.4, -0.2) is 18.9 Å². The largest absolute Gasteiger partial charge is 0.487 e. The molecule has 0 saturated heterocycles. The molecule has 0 radical (unpaired) electrons. The molecule has 0 amide bonds. The molecule has 2 rings (SSSR count). The summed E-state index contributed by atoms with van der Waals surface area (Å²) in [6, 6.07) is 12.3. The lowest BCUT2D eigenvalue weighted by Crippen LogP contribution is -2.07. The van der Waals surface area contributed by atoms with Gasteiger partial charge in [0.2, 0.25) is 0 Å². The monoisotopic (exact) mass is 309 g/mol. The van der Waals surface area contributed by atoms with Crippen LogP contribution in [0.4, 0.5) is 8.78 Å². The lowest BCUT2D eigenvalue weighted by Gasteiger charge is -2.10. The van der Waals surface area contributed by atoms with Gasteiger partial charge in [0.1, 0.15) is 0 Å². The van der Waals surface area contributed by atoms with E-state index in [4.69, 9.17) is 10.5 Å². The van der Waals surface area contributed by atoms with E-state index in [1.807, 2.05) is 30.3 Å². The zero-order valence-electron chi connectivity index (χ0n) is 11.5. The fraction of sp³-hybridized carbons (Fsp3) is 0.250. The number of halogens is 2. The van der Waals surface area contributed by atoms with Gasteiger partial charge >= 0.3 is 0 Å². The van der Waals surface area contributed by atoms with E-state index in [0.717, 1.165) is 4.90 Å². The Labute approximate surface area is 127 Å². The molecule has 0 unspecified atom stereocenters. The Kier molecular flexibility index (Phi) is 6.02. The molecule has 0 aliphatic carbocycles. The van der Waals surface area contributed by atoms with Crippen molar-refractivity contribution >= 4 is 11.8 Å². The number of hydrogen-bond donors (Lipinski definition) is 1. The van der Waals surface area contributed by atoms with Crippen molar-refractivity contribution in [2.24, 2.45) is 5.73 Å². The standard InChI is InChI=1S/C16H17F2NOS/c17-14-10-12(6-7-19)11-15(18)16(14)20-8-9-21-13-4-2-1-3-5-13/h1-5,10-11H,6-9,19H2. The minimum atomic E-state index is -0.678. The zero-order valence-corrected chi connectivity index (χ0v) is 12.3. The minimum absolute atomic E-state index is 0.240. The van der Waals surface area contributed by atoms with Crippen molar-refractivity contribution in [1.29, 1.82) is 0 Å². The number of thioether (sulfide) groups is 1. The maximum atomic E-state index is 13.8. The number of rotatable bonds is 7. The first kappa shape index (κ1) is 15.8. The predicted molar refractivity (Wildman–Crippen MR) is 81.8 cm³/mol. The van der Waals surface area contributed by atoms with Gasteiger partial charge in [-0.1, -0.05) is 18.2 Å². The summed E-state index contributed by atoms with van der Waals surface area (Å²) in [4.78, 5) is 1.10. The summed E-state index contributed by atoms with van der Waals surface area (Å²) < 4.78 is 32.8. The number of nitrogens with two attached hydrogens (primary N) is 1. The molecule has 0 aliphatic heterocycles. The van der Waals surface area contributed by atoms with Crippen LogP contribution in [0.25, 0.3) is 0 Å². The van der Waals surface area contributed by atoms with E-state index in [9.17, 15) is 8.78 Å². The van der Waals surface area contributed by atoms with Crippen LogP contribution in [-0.2, 0) is 6.42 Å². The first-order chi connectivity index (χ1) is 10.2. The third-order valence-electron chi connectivity index (χ3n) is 2.83. The van der Waals surface area contributed by atoms with E-state index in [1.165, 1.54) is 12.1 Å². The van der Waals surface area contributed by atoms with E-state index >= 15 is 0 Å². The molecule has 112 valence electrons. The van der Waals surface area contributed by atoms with Crippen molar-refractivity contribution in [3.8, 4) is 5.75 Å². The fourth-order valence-electron chi connectivity index (χ4n) is 1.88. The summed E-state index contributed by atoms with van der Waals surface area (Å²) in [5.41, 5.74) is 5.91. The first-order valence-corrected chi connectivity index (χ1v) is 7.68. The van der Waals surface area contributed by atoms with E-state index in [-0.39, 0.29) is 12.4 Å². The van der Waals surface area contributed by atoms with Gasteiger partial charge in [0, 0.05) is 10.6 Å². The fourth-order valence-corrected chi connectivity index (χ4v) is 2.63. The molecule has 2 nitrogen and oxygen atoms in total. The SMILES string of the molecule is NCCc1cc(F)c(OCCSc2ccccc2)c(F)c1. The number of benzene rings is 2. The number of hydrogen-bond acceptors (Lipinski definition) is 3. The minimum Gasteiger partial charge on any atom is -0.487 e. The quantitative estimate of drug-likeness (QED) is 0.626. The summed E-state index contributed by atoms with van der Waals surface area (Å²) in [7, 11) is 0. The van der Waals surface area contributed by atoms with Crippen LogP contribution in [0.1, 0.15) is 5.56 Å². The molecule has 0 aliphatic rings. The van der Waals surface area contributed by atoms with Crippen LogP contribution in [0, 0.1) is 11.6 Å². The van der Waals surface area contributed by atoms with Crippen molar-refractivity contribution in [2.75, 3.05) is 18.9 Å². The Bertz CT molecular complexity index is 555. The molecule has 5 heteroatoms. The Balaban J connectivity index is 1.88. The van der Waals surface area contributed by atoms with Gasteiger partial charge in [-0.2, -0.15) is 0 Å². The molecule has 0 saturated carbocycles. The Morgan fingerprint density at radius 1 is 1.05 bits per heavy atom. The highest BCUT2D eigenvalue weighted by Gasteiger charge is 2.12. The average molecular weight is 309 g/mol. The van der Waals surface area contributed by atoms with Crippen LogP contribution in [0.2, 0.25) is 0 Å². The van der Waals surface area contributed by atoms with Crippen molar-refractivity contribution in [2.45, 2.75) is 11.3 Å². The zero-order chi connectivity index (χ0) is 15.1. The molecule has 0 bridgehead atoms. The second-order valence-electron chi connectivity index (χ2n) is 4.44. The van der Waals surface area contributed by atoms with Gasteiger partial charge in [-0.15, -0.1) is 11.8 Å². The Morgan fingerprint density at radius 3 is 2.33 bits per heavy atom. The van der Waals surface area contributed by atoms with Gasteiger partial charge < -0.3 is 10.5 Å². The molecule has 0 fully saturated rings. The summed E-state index contributed by atoms with van der Waals surface area (Å²) in [5.74, 6) is -1.05. The normalized spacial score (nSPS) is 10.6. The third kappa shape index (κ3) is 4.72. The third-order valence-corrected chi connectivity index (χ3v) is 3.81. The van der Waals surface area contributed by atoms with Gasteiger partial charge in [0.25, 0.3) is 0 Å².